The Balaban J connectivity index is 1.62. The van der Waals surface area contributed by atoms with Gasteiger partial charge in [0.15, 0.2) is 0 Å². The predicted octanol–water partition coefficient (Wildman–Crippen LogP) is 3.62. The van der Waals surface area contributed by atoms with E-state index in [0.717, 1.165) is 47.3 Å². The Labute approximate surface area is 169 Å². The second kappa shape index (κ2) is 8.05. The molecular formula is C22H27N3O2S. The second-order valence-electron chi connectivity index (χ2n) is 7.95. The van der Waals surface area contributed by atoms with E-state index < -0.39 is 0 Å². The van der Waals surface area contributed by atoms with E-state index in [9.17, 15) is 4.79 Å². The number of nitrogens with zero attached hydrogens (tertiary/aromatic N) is 2. The van der Waals surface area contributed by atoms with Gasteiger partial charge in [-0.15, -0.1) is 11.3 Å². The number of thiophene rings is 1. The number of aromatic nitrogens is 2. The molecule has 0 radical (unpaired) electrons. The van der Waals surface area contributed by atoms with E-state index in [0.29, 0.717) is 18.5 Å². The van der Waals surface area contributed by atoms with Gasteiger partial charge in [-0.2, -0.15) is 0 Å². The van der Waals surface area contributed by atoms with Crippen LogP contribution in [-0.4, -0.2) is 29.2 Å². The Hall–Kier alpha value is -2.18. The summed E-state index contributed by atoms with van der Waals surface area (Å²) in [5.74, 6) is 1.45. The number of methoxy groups -OCH3 is 1. The summed E-state index contributed by atoms with van der Waals surface area (Å²) in [6.07, 6.45) is 4.71. The van der Waals surface area contributed by atoms with Crippen molar-refractivity contribution in [2.24, 2.45) is 5.92 Å². The molecule has 1 aliphatic carbocycles. The maximum absolute atomic E-state index is 13.2. The largest absolute Gasteiger partial charge is 0.497 e. The molecule has 1 atom stereocenters. The third-order valence-corrected chi connectivity index (χ3v) is 6.50. The quantitative estimate of drug-likeness (QED) is 0.690. The van der Waals surface area contributed by atoms with Crippen molar-refractivity contribution in [3.8, 4) is 5.75 Å². The molecule has 0 unspecified atom stereocenters. The van der Waals surface area contributed by atoms with Crippen molar-refractivity contribution in [2.45, 2.75) is 45.7 Å². The van der Waals surface area contributed by atoms with E-state index in [4.69, 9.17) is 4.74 Å². The first kappa shape index (κ1) is 19.2. The van der Waals surface area contributed by atoms with Crippen molar-refractivity contribution >= 4 is 21.6 Å². The molecule has 3 aromatic rings. The fourth-order valence-corrected chi connectivity index (χ4v) is 5.12. The zero-order chi connectivity index (χ0) is 19.7. The van der Waals surface area contributed by atoms with Crippen LogP contribution in [0, 0.1) is 5.92 Å². The first-order valence-electron chi connectivity index (χ1n) is 9.91. The highest BCUT2D eigenvalue weighted by Crippen LogP contribution is 2.33. The number of aryl methyl sites for hydroxylation is 1. The molecule has 148 valence electrons. The minimum atomic E-state index is 0.0684. The molecule has 1 aromatic carbocycles. The number of rotatable bonds is 6. The van der Waals surface area contributed by atoms with E-state index in [1.165, 1.54) is 10.4 Å². The van der Waals surface area contributed by atoms with Crippen LogP contribution in [0.4, 0.5) is 0 Å². The van der Waals surface area contributed by atoms with Gasteiger partial charge in [0.25, 0.3) is 5.56 Å². The molecule has 0 spiro atoms. The summed E-state index contributed by atoms with van der Waals surface area (Å²) in [4.78, 5) is 20.0. The highest BCUT2D eigenvalue weighted by Gasteiger charge is 2.25. The van der Waals surface area contributed by atoms with E-state index >= 15 is 0 Å². The lowest BCUT2D eigenvalue weighted by molar-refractivity contribution is 0.414. The summed E-state index contributed by atoms with van der Waals surface area (Å²) < 4.78 is 7.01. The average molecular weight is 398 g/mol. The molecule has 2 aromatic heterocycles. The fraction of sp³-hybridized carbons (Fsp3) is 0.455. The van der Waals surface area contributed by atoms with Gasteiger partial charge in [-0.05, 0) is 55.0 Å². The molecule has 0 saturated heterocycles. The molecular weight excluding hydrogens is 370 g/mol. The van der Waals surface area contributed by atoms with Gasteiger partial charge in [0.05, 0.1) is 25.4 Å². The first-order chi connectivity index (χ1) is 13.5. The molecule has 28 heavy (non-hydrogen) atoms. The van der Waals surface area contributed by atoms with Gasteiger partial charge in [0.1, 0.15) is 10.6 Å². The van der Waals surface area contributed by atoms with E-state index in [2.05, 4.69) is 24.1 Å². The fourth-order valence-electron chi connectivity index (χ4n) is 3.86. The molecule has 2 heterocycles. The minimum Gasteiger partial charge on any atom is -0.497 e. The van der Waals surface area contributed by atoms with Crippen LogP contribution in [0.2, 0.25) is 0 Å². The molecule has 4 rings (SSSR count). The predicted molar refractivity (Wildman–Crippen MR) is 115 cm³/mol. The number of benzene rings is 1. The van der Waals surface area contributed by atoms with Crippen LogP contribution in [0.1, 0.15) is 36.3 Å². The van der Waals surface area contributed by atoms with Crippen LogP contribution in [0.3, 0.4) is 0 Å². The molecule has 0 amide bonds. The molecule has 0 aliphatic heterocycles. The van der Waals surface area contributed by atoms with E-state index in [-0.39, 0.29) is 5.56 Å². The van der Waals surface area contributed by atoms with Crippen LogP contribution >= 0.6 is 11.3 Å². The molecule has 6 heteroatoms. The Kier molecular flexibility index (Phi) is 5.51. The van der Waals surface area contributed by atoms with Gasteiger partial charge in [-0.1, -0.05) is 26.0 Å². The number of ether oxygens (including phenoxy) is 1. The normalized spacial score (nSPS) is 16.5. The summed E-state index contributed by atoms with van der Waals surface area (Å²) in [6.45, 7) is 6.00. The minimum absolute atomic E-state index is 0.0684. The number of hydrogen-bond donors (Lipinski definition) is 1. The molecule has 0 bridgehead atoms. The van der Waals surface area contributed by atoms with Crippen molar-refractivity contribution in [3.63, 3.8) is 0 Å². The summed E-state index contributed by atoms with van der Waals surface area (Å²) >= 11 is 1.69. The number of fused-ring (bicyclic) bond motifs is 3. The first-order valence-corrected chi connectivity index (χ1v) is 10.7. The lowest BCUT2D eigenvalue weighted by Gasteiger charge is -2.24. The highest BCUT2D eigenvalue weighted by atomic mass is 32.1. The Morgan fingerprint density at radius 1 is 1.39 bits per heavy atom. The summed E-state index contributed by atoms with van der Waals surface area (Å²) in [5, 5.41) is 4.49. The van der Waals surface area contributed by atoms with Crippen molar-refractivity contribution in [1.29, 1.82) is 0 Å². The standard InChI is InChI=1S/C22H27N3O2S/c1-14(2)11-23-16-7-8-18-19(10-16)28-21-20(18)22(26)25(13-24-21)12-15-5-4-6-17(9-15)27-3/h4-6,9,13-14,16,23H,7-8,10-12H2,1-3H3/t16-/m0/s1. The van der Waals surface area contributed by atoms with Gasteiger partial charge in [-0.25, -0.2) is 4.98 Å². The van der Waals surface area contributed by atoms with E-state index in [1.54, 1.807) is 29.3 Å². The smallest absolute Gasteiger partial charge is 0.262 e. The van der Waals surface area contributed by atoms with Crippen LogP contribution in [0.5, 0.6) is 5.75 Å². The van der Waals surface area contributed by atoms with Crippen LogP contribution in [0.25, 0.3) is 10.2 Å². The summed E-state index contributed by atoms with van der Waals surface area (Å²) in [6, 6.07) is 8.33. The highest BCUT2D eigenvalue weighted by molar-refractivity contribution is 7.18. The zero-order valence-corrected chi connectivity index (χ0v) is 17.5. The van der Waals surface area contributed by atoms with Gasteiger partial charge in [-0.3, -0.25) is 9.36 Å². The van der Waals surface area contributed by atoms with Crippen molar-refractivity contribution in [2.75, 3.05) is 13.7 Å². The topological polar surface area (TPSA) is 56.2 Å². The van der Waals surface area contributed by atoms with Crippen molar-refractivity contribution < 1.29 is 4.74 Å². The Morgan fingerprint density at radius 3 is 3.04 bits per heavy atom. The molecule has 0 fully saturated rings. The number of hydrogen-bond acceptors (Lipinski definition) is 5. The summed E-state index contributed by atoms with van der Waals surface area (Å²) in [5.41, 5.74) is 2.32. The van der Waals surface area contributed by atoms with Crippen LogP contribution in [-0.2, 0) is 19.4 Å². The molecule has 1 aliphatic rings. The SMILES string of the molecule is COc1cccc(Cn2cnc3sc4c(c3c2=O)CC[C@H](NCC(C)C)C4)c1. The van der Waals surface area contributed by atoms with Gasteiger partial charge >= 0.3 is 0 Å². The summed E-state index contributed by atoms with van der Waals surface area (Å²) in [7, 11) is 1.65. The van der Waals surface area contributed by atoms with Gasteiger partial charge in [0, 0.05) is 10.9 Å². The monoisotopic (exact) mass is 397 g/mol. The number of nitrogens with one attached hydrogen (secondary N) is 1. The third-order valence-electron chi connectivity index (χ3n) is 5.34. The van der Waals surface area contributed by atoms with Crippen LogP contribution in [0.15, 0.2) is 35.4 Å². The maximum atomic E-state index is 13.2. The molecule has 0 saturated carbocycles. The Bertz CT molecular complexity index is 1040. The second-order valence-corrected chi connectivity index (χ2v) is 9.04. The maximum Gasteiger partial charge on any atom is 0.262 e. The van der Waals surface area contributed by atoms with Crippen molar-refractivity contribution in [3.05, 3.63) is 57.0 Å². The van der Waals surface area contributed by atoms with Crippen molar-refractivity contribution in [1.82, 2.24) is 14.9 Å². The van der Waals surface area contributed by atoms with Gasteiger partial charge in [0.2, 0.25) is 0 Å². The van der Waals surface area contributed by atoms with E-state index in [1.807, 2.05) is 24.3 Å². The lowest BCUT2D eigenvalue weighted by atomic mass is 9.93. The van der Waals surface area contributed by atoms with Gasteiger partial charge < -0.3 is 10.1 Å². The lowest BCUT2D eigenvalue weighted by Crippen LogP contribution is -2.36. The molecule has 5 nitrogen and oxygen atoms in total. The zero-order valence-electron chi connectivity index (χ0n) is 16.7. The average Bonchev–Trinajstić information content (AvgIpc) is 3.07. The Morgan fingerprint density at radius 2 is 2.25 bits per heavy atom. The molecule has 1 N–H and O–H groups in total. The third kappa shape index (κ3) is 3.84. The van der Waals surface area contributed by atoms with Crippen LogP contribution < -0.4 is 15.6 Å².